The van der Waals surface area contributed by atoms with Gasteiger partial charge in [0.05, 0.1) is 0 Å². The maximum atomic E-state index is 6.21. The Kier molecular flexibility index (Phi) is 7.86. The van der Waals surface area contributed by atoms with Gasteiger partial charge in [-0.05, 0) is 23.3 Å². The van der Waals surface area contributed by atoms with Crippen molar-refractivity contribution in [3.63, 3.8) is 0 Å². The molecule has 1 aliphatic heterocycles. The number of nitrogens with two attached hydrogens (primary N) is 2. The number of thioether (sulfide) groups is 1. The van der Waals surface area contributed by atoms with Crippen molar-refractivity contribution in [1.29, 1.82) is 0 Å². The molecule has 0 spiro atoms. The molecule has 3 aromatic rings. The molecule has 1 aliphatic rings. The van der Waals surface area contributed by atoms with E-state index >= 15 is 0 Å². The third-order valence-electron chi connectivity index (χ3n) is 5.70. The molecule has 8 heteroatoms. The summed E-state index contributed by atoms with van der Waals surface area (Å²) in [4.78, 5) is 14.0. The van der Waals surface area contributed by atoms with E-state index in [2.05, 4.69) is 50.1 Å². The van der Waals surface area contributed by atoms with Crippen LogP contribution in [0.2, 0.25) is 5.02 Å². The van der Waals surface area contributed by atoms with Crippen molar-refractivity contribution in [2.45, 2.75) is 18.1 Å². The van der Waals surface area contributed by atoms with E-state index in [4.69, 9.17) is 23.1 Å². The Morgan fingerprint density at radius 3 is 2.09 bits per heavy atom. The second-order valence-corrected chi connectivity index (χ2v) is 9.51. The first-order valence-corrected chi connectivity index (χ1v) is 12.2. The number of nitrogens with zero attached hydrogens (tertiary/aromatic N) is 4. The molecule has 1 aromatic heterocycles. The first-order chi connectivity index (χ1) is 15.6. The lowest BCUT2D eigenvalue weighted by Gasteiger charge is -2.34. The number of hydrogen-bond donors (Lipinski definition) is 2. The van der Waals surface area contributed by atoms with Crippen molar-refractivity contribution in [3.8, 4) is 0 Å². The molecule has 2 heterocycles. The minimum absolute atomic E-state index is 0.449. The third-order valence-corrected chi connectivity index (χ3v) is 6.78. The van der Waals surface area contributed by atoms with E-state index in [1.165, 1.54) is 5.56 Å². The van der Waals surface area contributed by atoms with Crippen LogP contribution in [0.25, 0.3) is 0 Å². The normalized spacial score (nSPS) is 15.2. The number of aromatic nitrogens is 2. The van der Waals surface area contributed by atoms with Crippen LogP contribution in [0, 0.1) is 0 Å². The third kappa shape index (κ3) is 6.36. The van der Waals surface area contributed by atoms with Gasteiger partial charge in [-0.3, -0.25) is 9.80 Å². The summed E-state index contributed by atoms with van der Waals surface area (Å²) in [6, 6.07) is 18.3. The predicted octanol–water partition coefficient (Wildman–Crippen LogP) is 3.80. The number of nitrogen functional groups attached to an aromatic ring is 2. The van der Waals surface area contributed by atoms with E-state index in [-0.39, 0.29) is 0 Å². The lowest BCUT2D eigenvalue weighted by Crippen LogP contribution is -2.46. The summed E-state index contributed by atoms with van der Waals surface area (Å²) < 4.78 is 0. The minimum Gasteiger partial charge on any atom is -0.383 e. The summed E-state index contributed by atoms with van der Waals surface area (Å²) >= 11 is 7.57. The van der Waals surface area contributed by atoms with Gasteiger partial charge in [-0.1, -0.05) is 65.8 Å². The van der Waals surface area contributed by atoms with E-state index in [1.807, 2.05) is 24.3 Å². The van der Waals surface area contributed by atoms with Crippen molar-refractivity contribution in [1.82, 2.24) is 19.8 Å². The van der Waals surface area contributed by atoms with Gasteiger partial charge in [0.25, 0.3) is 0 Å². The van der Waals surface area contributed by atoms with Crippen molar-refractivity contribution >= 4 is 35.0 Å². The highest BCUT2D eigenvalue weighted by atomic mass is 35.5. The van der Waals surface area contributed by atoms with Crippen LogP contribution in [0.15, 0.2) is 59.8 Å². The van der Waals surface area contributed by atoms with E-state index < -0.39 is 0 Å². The van der Waals surface area contributed by atoms with Gasteiger partial charge >= 0.3 is 0 Å². The fourth-order valence-corrected chi connectivity index (χ4v) is 4.81. The number of anilines is 2. The Balaban J connectivity index is 1.23. The van der Waals surface area contributed by atoms with Crippen molar-refractivity contribution in [2.24, 2.45) is 0 Å². The van der Waals surface area contributed by atoms with Crippen LogP contribution < -0.4 is 11.5 Å². The zero-order valence-corrected chi connectivity index (χ0v) is 19.7. The Bertz CT molecular complexity index is 984. The van der Waals surface area contributed by atoms with Crippen molar-refractivity contribution in [2.75, 3.05) is 49.9 Å². The summed E-state index contributed by atoms with van der Waals surface area (Å²) in [5.74, 6) is 1.81. The number of benzene rings is 2. The van der Waals surface area contributed by atoms with Gasteiger partial charge in [-0.2, -0.15) is 0 Å². The molecule has 0 amide bonds. The Labute approximate surface area is 199 Å². The van der Waals surface area contributed by atoms with Gasteiger partial charge in [-0.25, -0.2) is 9.97 Å². The van der Waals surface area contributed by atoms with Gasteiger partial charge in [-0.15, -0.1) is 0 Å². The summed E-state index contributed by atoms with van der Waals surface area (Å²) in [5.41, 5.74) is 15.6. The van der Waals surface area contributed by atoms with Gasteiger partial charge < -0.3 is 11.5 Å². The second kappa shape index (κ2) is 11.0. The number of piperazine rings is 1. The zero-order chi connectivity index (χ0) is 22.3. The standard InChI is InChI=1S/C24H29ClN6S/c25-20-8-6-18(7-9-20)16-21-22(26)28-24(29-23(21)27)32-15-14-30-10-12-31(13-11-30)17-19-4-2-1-3-5-19/h1-9H,10-17H2,(H4,26,27,28,29). The Morgan fingerprint density at radius 2 is 1.44 bits per heavy atom. The predicted molar refractivity (Wildman–Crippen MR) is 134 cm³/mol. The molecule has 0 radical (unpaired) electrons. The SMILES string of the molecule is Nc1nc(SCCN2CCN(Cc3ccccc3)CC2)nc(N)c1Cc1ccc(Cl)cc1. The van der Waals surface area contributed by atoms with Crippen molar-refractivity contribution in [3.05, 3.63) is 76.3 Å². The molecule has 0 bridgehead atoms. The number of rotatable bonds is 8. The van der Waals surface area contributed by atoms with Gasteiger partial charge in [0.1, 0.15) is 11.6 Å². The molecular weight excluding hydrogens is 440 g/mol. The number of hydrogen-bond acceptors (Lipinski definition) is 7. The number of halogens is 1. The molecule has 0 unspecified atom stereocenters. The maximum absolute atomic E-state index is 6.21. The van der Waals surface area contributed by atoms with Gasteiger partial charge in [0.2, 0.25) is 0 Å². The lowest BCUT2D eigenvalue weighted by molar-refractivity contribution is 0.133. The first kappa shape index (κ1) is 22.9. The largest absolute Gasteiger partial charge is 0.383 e. The quantitative estimate of drug-likeness (QED) is 0.384. The molecule has 4 N–H and O–H groups in total. The average molecular weight is 469 g/mol. The van der Waals surface area contributed by atoms with Crippen LogP contribution in [0.5, 0.6) is 0 Å². The summed E-state index contributed by atoms with van der Waals surface area (Å²) in [7, 11) is 0. The Morgan fingerprint density at radius 1 is 0.812 bits per heavy atom. The molecule has 1 saturated heterocycles. The van der Waals surface area contributed by atoms with Gasteiger partial charge in [0, 0.05) is 62.0 Å². The maximum Gasteiger partial charge on any atom is 0.191 e. The van der Waals surface area contributed by atoms with Crippen molar-refractivity contribution < 1.29 is 0 Å². The van der Waals surface area contributed by atoms with Crippen LogP contribution in [0.3, 0.4) is 0 Å². The molecule has 2 aromatic carbocycles. The minimum atomic E-state index is 0.449. The molecule has 6 nitrogen and oxygen atoms in total. The van der Waals surface area contributed by atoms with Crippen LogP contribution >= 0.6 is 23.4 Å². The highest BCUT2D eigenvalue weighted by Crippen LogP contribution is 2.25. The summed E-state index contributed by atoms with van der Waals surface area (Å²) in [6.07, 6.45) is 0.590. The summed E-state index contributed by atoms with van der Waals surface area (Å²) in [5, 5.41) is 1.35. The van der Waals surface area contributed by atoms with Crippen LogP contribution in [-0.4, -0.2) is 58.2 Å². The zero-order valence-electron chi connectivity index (χ0n) is 18.1. The van der Waals surface area contributed by atoms with E-state index in [9.17, 15) is 0 Å². The molecule has 168 valence electrons. The van der Waals surface area contributed by atoms with Crippen LogP contribution in [0.1, 0.15) is 16.7 Å². The molecule has 4 rings (SSSR count). The lowest BCUT2D eigenvalue weighted by atomic mass is 10.1. The molecule has 0 saturated carbocycles. The smallest absolute Gasteiger partial charge is 0.191 e. The summed E-state index contributed by atoms with van der Waals surface area (Å²) in [6.45, 7) is 6.37. The molecule has 0 aliphatic carbocycles. The highest BCUT2D eigenvalue weighted by Gasteiger charge is 2.17. The molecule has 1 fully saturated rings. The first-order valence-electron chi connectivity index (χ1n) is 10.8. The van der Waals surface area contributed by atoms with E-state index in [0.717, 1.165) is 56.1 Å². The fraction of sp³-hybridized carbons (Fsp3) is 0.333. The van der Waals surface area contributed by atoms with Crippen LogP contribution in [0.4, 0.5) is 11.6 Å². The topological polar surface area (TPSA) is 84.3 Å². The highest BCUT2D eigenvalue weighted by molar-refractivity contribution is 7.99. The average Bonchev–Trinajstić information content (AvgIpc) is 2.79. The van der Waals surface area contributed by atoms with E-state index in [1.54, 1.807) is 11.8 Å². The van der Waals surface area contributed by atoms with Crippen LogP contribution in [-0.2, 0) is 13.0 Å². The molecule has 32 heavy (non-hydrogen) atoms. The van der Waals surface area contributed by atoms with E-state index in [0.29, 0.717) is 28.2 Å². The molecular formula is C24H29ClN6S. The Hall–Kier alpha value is -2.32. The molecule has 0 atom stereocenters. The van der Waals surface area contributed by atoms with Gasteiger partial charge in [0.15, 0.2) is 5.16 Å². The second-order valence-electron chi connectivity index (χ2n) is 8.01. The fourth-order valence-electron chi connectivity index (χ4n) is 3.83. The monoisotopic (exact) mass is 468 g/mol.